The van der Waals surface area contributed by atoms with Crippen molar-refractivity contribution in [2.75, 3.05) is 7.11 Å². The van der Waals surface area contributed by atoms with Crippen LogP contribution in [0.4, 0.5) is 0 Å². The van der Waals surface area contributed by atoms with Crippen molar-refractivity contribution < 1.29 is 48.8 Å². The van der Waals surface area contributed by atoms with E-state index in [-0.39, 0.29) is 12.8 Å². The van der Waals surface area contributed by atoms with Gasteiger partial charge in [-0.05, 0) is 20.8 Å². The molecule has 3 fully saturated rings. The minimum atomic E-state index is -1.03. The number of methoxy groups -OCH3 is 1. The topological polar surface area (TPSA) is 136 Å². The highest BCUT2D eigenvalue weighted by Gasteiger charge is 2.44. The average Bonchev–Trinajstić information content (AvgIpc) is 2.64. The normalized spacial score (nSPS) is 51.7. The summed E-state index contributed by atoms with van der Waals surface area (Å²) in [6.07, 6.45) is -7.62. The number of ether oxygens (including phenoxy) is 6. The monoisotopic (exact) mass is 422 g/mol. The smallest absolute Gasteiger partial charge is 0.161 e. The number of hydrogen-bond acceptors (Lipinski definition) is 10. The van der Waals surface area contributed by atoms with Crippen LogP contribution in [0, 0.1) is 0 Å². The lowest BCUT2D eigenvalue weighted by Crippen LogP contribution is -2.56. The van der Waals surface area contributed by atoms with Crippen LogP contribution in [0.2, 0.25) is 0 Å². The van der Waals surface area contributed by atoms with Crippen LogP contribution in [0.25, 0.3) is 0 Å². The van der Waals surface area contributed by atoms with Crippen LogP contribution in [-0.4, -0.2) is 101 Å². The lowest BCUT2D eigenvalue weighted by molar-refractivity contribution is -0.332. The quantitative estimate of drug-likeness (QED) is 0.448. The molecule has 0 aromatic carbocycles. The van der Waals surface area contributed by atoms with Crippen LogP contribution >= 0.6 is 0 Å². The van der Waals surface area contributed by atoms with E-state index in [2.05, 4.69) is 0 Å². The van der Waals surface area contributed by atoms with E-state index in [9.17, 15) is 20.4 Å². The van der Waals surface area contributed by atoms with Crippen molar-refractivity contribution >= 4 is 0 Å². The molecule has 0 aliphatic carbocycles. The fraction of sp³-hybridized carbons (Fsp3) is 1.00. The van der Waals surface area contributed by atoms with Gasteiger partial charge in [-0.25, -0.2) is 0 Å². The summed E-state index contributed by atoms with van der Waals surface area (Å²) in [5, 5.41) is 40.4. The van der Waals surface area contributed by atoms with Gasteiger partial charge in [-0.2, -0.15) is 0 Å². The Morgan fingerprint density at radius 1 is 0.690 bits per heavy atom. The molecule has 10 nitrogen and oxygen atoms in total. The second-order valence-corrected chi connectivity index (χ2v) is 8.15. The molecule has 0 bridgehead atoms. The number of rotatable bonds is 5. The van der Waals surface area contributed by atoms with E-state index >= 15 is 0 Å². The Balaban J connectivity index is 1.55. The van der Waals surface area contributed by atoms with Gasteiger partial charge >= 0.3 is 0 Å². The van der Waals surface area contributed by atoms with E-state index in [4.69, 9.17) is 28.4 Å². The second kappa shape index (κ2) is 9.82. The summed E-state index contributed by atoms with van der Waals surface area (Å²) >= 11 is 0. The molecule has 3 aliphatic rings. The van der Waals surface area contributed by atoms with Crippen LogP contribution in [0.5, 0.6) is 0 Å². The minimum Gasteiger partial charge on any atom is -0.390 e. The number of hydrogen-bond donors (Lipinski definition) is 4. The molecule has 29 heavy (non-hydrogen) atoms. The minimum absolute atomic E-state index is 0.0509. The Kier molecular flexibility index (Phi) is 7.88. The maximum Gasteiger partial charge on any atom is 0.161 e. The maximum absolute atomic E-state index is 10.6. The second-order valence-electron chi connectivity index (χ2n) is 8.15. The lowest BCUT2D eigenvalue weighted by Gasteiger charge is -2.44. The largest absolute Gasteiger partial charge is 0.390 e. The molecule has 3 rings (SSSR count). The molecule has 0 saturated carbocycles. The summed E-state index contributed by atoms with van der Waals surface area (Å²) in [5.41, 5.74) is 0. The Morgan fingerprint density at radius 3 is 1.76 bits per heavy atom. The standard InChI is InChI=1S/C19H34O10/c1-8-17(23)13(24-4)7-16(26-8)29-19-10(3)27-15(6-12(19)21)28-18-9(2)25-14(22)5-11(18)20/h8-23H,5-7H2,1-4H3/t8-,9-,10-,11-,12-,13-,14-,15+,16+,17-,18-,19-/m1/s1. The molecule has 3 aliphatic heterocycles. The Bertz CT molecular complexity index is 497. The van der Waals surface area contributed by atoms with Crippen LogP contribution in [0.1, 0.15) is 40.0 Å². The Hall–Kier alpha value is -0.400. The third-order valence-electron chi connectivity index (χ3n) is 5.87. The summed E-state index contributed by atoms with van der Waals surface area (Å²) in [7, 11) is 1.52. The van der Waals surface area contributed by atoms with E-state index in [1.165, 1.54) is 7.11 Å². The summed E-state index contributed by atoms with van der Waals surface area (Å²) in [4.78, 5) is 0. The summed E-state index contributed by atoms with van der Waals surface area (Å²) in [5.74, 6) is 0. The van der Waals surface area contributed by atoms with Crippen LogP contribution in [0.3, 0.4) is 0 Å². The first-order valence-electron chi connectivity index (χ1n) is 10.2. The average molecular weight is 422 g/mol. The van der Waals surface area contributed by atoms with Gasteiger partial charge in [0.05, 0.1) is 36.6 Å². The molecule has 10 heteroatoms. The van der Waals surface area contributed by atoms with Gasteiger partial charge in [0.25, 0.3) is 0 Å². The van der Waals surface area contributed by atoms with Crippen LogP contribution in [-0.2, 0) is 28.4 Å². The van der Waals surface area contributed by atoms with Crippen molar-refractivity contribution in [1.82, 2.24) is 0 Å². The van der Waals surface area contributed by atoms with Gasteiger partial charge in [0, 0.05) is 26.4 Å². The van der Waals surface area contributed by atoms with E-state index in [1.54, 1.807) is 20.8 Å². The molecule has 0 spiro atoms. The van der Waals surface area contributed by atoms with Gasteiger partial charge in [-0.15, -0.1) is 0 Å². The fourth-order valence-electron chi connectivity index (χ4n) is 4.22. The van der Waals surface area contributed by atoms with Crippen molar-refractivity contribution in [2.24, 2.45) is 0 Å². The van der Waals surface area contributed by atoms with E-state index in [0.717, 1.165) is 0 Å². The molecular weight excluding hydrogens is 388 g/mol. The van der Waals surface area contributed by atoms with Crippen molar-refractivity contribution in [2.45, 2.75) is 114 Å². The van der Waals surface area contributed by atoms with Crippen molar-refractivity contribution in [1.29, 1.82) is 0 Å². The predicted molar refractivity (Wildman–Crippen MR) is 97.6 cm³/mol. The first-order chi connectivity index (χ1) is 13.7. The molecule has 0 aromatic rings. The Morgan fingerprint density at radius 2 is 1.21 bits per heavy atom. The third-order valence-corrected chi connectivity index (χ3v) is 5.87. The van der Waals surface area contributed by atoms with Crippen LogP contribution < -0.4 is 0 Å². The van der Waals surface area contributed by atoms with Gasteiger partial charge in [-0.3, -0.25) is 0 Å². The molecule has 0 radical (unpaired) electrons. The highest BCUT2D eigenvalue weighted by Crippen LogP contribution is 2.31. The molecule has 0 aromatic heterocycles. The van der Waals surface area contributed by atoms with Gasteiger partial charge in [-0.1, -0.05) is 0 Å². The Labute approximate surface area is 170 Å². The fourth-order valence-corrected chi connectivity index (χ4v) is 4.22. The summed E-state index contributed by atoms with van der Waals surface area (Å²) in [6.45, 7) is 5.20. The zero-order valence-corrected chi connectivity index (χ0v) is 17.3. The van der Waals surface area contributed by atoms with Gasteiger partial charge in [0.15, 0.2) is 18.9 Å². The zero-order chi connectivity index (χ0) is 21.3. The molecule has 3 heterocycles. The molecule has 4 N–H and O–H groups in total. The molecule has 3 saturated heterocycles. The van der Waals surface area contributed by atoms with Crippen molar-refractivity contribution in [3.8, 4) is 0 Å². The molecule has 170 valence electrons. The highest BCUT2D eigenvalue weighted by molar-refractivity contribution is 4.87. The maximum atomic E-state index is 10.6. The highest BCUT2D eigenvalue weighted by atomic mass is 16.7. The van der Waals surface area contributed by atoms with Crippen molar-refractivity contribution in [3.05, 3.63) is 0 Å². The first-order valence-corrected chi connectivity index (χ1v) is 10.2. The predicted octanol–water partition coefficient (Wildman–Crippen LogP) is -0.748. The molecule has 12 atom stereocenters. The summed E-state index contributed by atoms with van der Waals surface area (Å²) in [6, 6.07) is 0. The molecule has 0 unspecified atom stereocenters. The van der Waals surface area contributed by atoms with E-state index < -0.39 is 73.8 Å². The lowest BCUT2D eigenvalue weighted by atomic mass is 9.99. The van der Waals surface area contributed by atoms with Gasteiger partial charge in [0.2, 0.25) is 0 Å². The molecular formula is C19H34O10. The first kappa shape index (κ1) is 23.3. The molecule has 0 amide bonds. The SMILES string of the molecule is CO[C@@H]1C[C@H](O[C@H]2[C@H](O)C[C@H](O[C@H]3[C@H](O)C[C@H](O)O[C@@H]3C)O[C@@H]2C)O[C@H](C)[C@H]1O. The number of aliphatic hydroxyl groups is 4. The van der Waals surface area contributed by atoms with E-state index in [0.29, 0.717) is 6.42 Å². The van der Waals surface area contributed by atoms with Crippen LogP contribution in [0.15, 0.2) is 0 Å². The number of aliphatic hydroxyl groups excluding tert-OH is 4. The van der Waals surface area contributed by atoms with E-state index in [1.807, 2.05) is 0 Å². The summed E-state index contributed by atoms with van der Waals surface area (Å²) < 4.78 is 34.0. The zero-order valence-electron chi connectivity index (χ0n) is 17.3. The van der Waals surface area contributed by atoms with Gasteiger partial charge < -0.3 is 48.8 Å². The third kappa shape index (κ3) is 5.45. The van der Waals surface area contributed by atoms with Crippen molar-refractivity contribution in [3.63, 3.8) is 0 Å². The van der Waals surface area contributed by atoms with Gasteiger partial charge in [0.1, 0.15) is 18.3 Å².